The monoisotopic (exact) mass is 484 g/mol. The average molecular weight is 485 g/mol. The third-order valence-electron chi connectivity index (χ3n) is 14.4. The van der Waals surface area contributed by atoms with Crippen molar-refractivity contribution in [2.45, 2.75) is 132 Å². The Hall–Kier alpha value is -0.570. The van der Waals surface area contributed by atoms with E-state index in [1.165, 1.54) is 57.8 Å². The Morgan fingerprint density at radius 1 is 0.771 bits per heavy atom. The molecule has 6 fully saturated rings. The molecule has 0 aromatic rings. The Labute approximate surface area is 214 Å². The van der Waals surface area contributed by atoms with Crippen molar-refractivity contribution in [3.05, 3.63) is 0 Å². The van der Waals surface area contributed by atoms with Crippen LogP contribution in [0.2, 0.25) is 0 Å². The number of carbonyl (C=O) groups is 1. The summed E-state index contributed by atoms with van der Waals surface area (Å²) in [4.78, 5) is 11.9. The van der Waals surface area contributed by atoms with E-state index in [1.54, 1.807) is 6.92 Å². The molecule has 0 aromatic heterocycles. The number of esters is 1. The van der Waals surface area contributed by atoms with Crippen LogP contribution in [-0.2, 0) is 14.3 Å². The summed E-state index contributed by atoms with van der Waals surface area (Å²) < 4.78 is 12.7. The molecular weight excluding hydrogens is 432 g/mol. The predicted molar refractivity (Wildman–Crippen MR) is 140 cm³/mol. The van der Waals surface area contributed by atoms with Crippen molar-refractivity contribution < 1.29 is 14.3 Å². The first-order chi connectivity index (χ1) is 16.2. The molecule has 3 heteroatoms. The van der Waals surface area contributed by atoms with Crippen molar-refractivity contribution in [3.63, 3.8) is 0 Å². The van der Waals surface area contributed by atoms with E-state index in [0.29, 0.717) is 39.1 Å². The van der Waals surface area contributed by atoms with Gasteiger partial charge in [0, 0.05) is 12.3 Å². The maximum absolute atomic E-state index is 11.9. The molecule has 0 spiro atoms. The topological polar surface area (TPSA) is 35.5 Å². The second kappa shape index (κ2) is 7.29. The average Bonchev–Trinajstić information content (AvgIpc) is 3.10. The Balaban J connectivity index is 1.35. The molecule has 0 unspecified atom stereocenters. The minimum absolute atomic E-state index is 0.0503. The number of hydrogen-bond acceptors (Lipinski definition) is 3. The molecular formula is C32H52O3. The van der Waals surface area contributed by atoms with Crippen molar-refractivity contribution in [1.82, 2.24) is 0 Å². The highest BCUT2D eigenvalue weighted by Crippen LogP contribution is 2.78. The molecule has 0 radical (unpaired) electrons. The van der Waals surface area contributed by atoms with Crippen molar-refractivity contribution in [1.29, 1.82) is 0 Å². The summed E-state index contributed by atoms with van der Waals surface area (Å²) in [7, 11) is 0. The van der Waals surface area contributed by atoms with Crippen LogP contribution in [-0.4, -0.2) is 24.8 Å². The Kier molecular flexibility index (Phi) is 5.16. The van der Waals surface area contributed by atoms with Crippen LogP contribution < -0.4 is 0 Å². The molecule has 5 aliphatic carbocycles. The number of rotatable bonds is 1. The van der Waals surface area contributed by atoms with Gasteiger partial charge in [0.2, 0.25) is 0 Å². The molecule has 5 saturated carbocycles. The standard InChI is InChI=1S/C32H52O3/c1-20(33)35-24-12-13-29(6)22(28(24,4)5)11-14-31(8)23(29)10-9-21-25-26-27(2,3)15-17-32(25,19-34-26)18-16-30(21,31)7/h21-26H,9-19H2,1-8H3/t21-,22-,23+,24+,25-,26+,29-,30+,31+,32+/m0/s1. The van der Waals surface area contributed by atoms with Gasteiger partial charge in [0.05, 0.1) is 12.7 Å². The SMILES string of the molecule is CC(=O)O[C@@H]1CC[C@]2(C)[C@H]3CC[C@H]4[C@H]5[C@H]6OC[C@@]5(CCC6(C)C)CC[C@@]4(C)[C@]3(C)CC[C@H]2C1(C)C. The minimum Gasteiger partial charge on any atom is -0.462 e. The largest absolute Gasteiger partial charge is 0.462 e. The molecule has 198 valence electrons. The number of carbonyl (C=O) groups excluding carboxylic acids is 1. The lowest BCUT2D eigenvalue weighted by Crippen LogP contribution is -2.67. The van der Waals surface area contributed by atoms with E-state index >= 15 is 0 Å². The molecule has 0 aromatic carbocycles. The highest BCUT2D eigenvalue weighted by Gasteiger charge is 2.72. The summed E-state index contributed by atoms with van der Waals surface area (Å²) in [5.74, 6) is 2.88. The van der Waals surface area contributed by atoms with Crippen molar-refractivity contribution in [3.8, 4) is 0 Å². The second-order valence-electron chi connectivity index (χ2n) is 16.2. The molecule has 35 heavy (non-hydrogen) atoms. The molecule has 6 rings (SSSR count). The van der Waals surface area contributed by atoms with Gasteiger partial charge in [0.25, 0.3) is 0 Å². The summed E-state index contributed by atoms with van der Waals surface area (Å²) in [6.07, 6.45) is 13.7. The summed E-state index contributed by atoms with van der Waals surface area (Å²) in [5.41, 5.74) is 2.00. The molecule has 3 nitrogen and oxygen atoms in total. The van der Waals surface area contributed by atoms with E-state index in [0.717, 1.165) is 30.8 Å². The van der Waals surface area contributed by atoms with Crippen LogP contribution in [0.15, 0.2) is 0 Å². The molecule has 10 atom stereocenters. The number of ether oxygens (including phenoxy) is 2. The van der Waals surface area contributed by atoms with Gasteiger partial charge >= 0.3 is 5.97 Å². The van der Waals surface area contributed by atoms with Crippen LogP contribution in [0, 0.1) is 56.2 Å². The molecule has 1 aliphatic heterocycles. The Morgan fingerprint density at radius 3 is 2.20 bits per heavy atom. The van der Waals surface area contributed by atoms with Crippen LogP contribution in [0.3, 0.4) is 0 Å². The first-order valence-corrected chi connectivity index (χ1v) is 15.0. The van der Waals surface area contributed by atoms with Gasteiger partial charge in [-0.15, -0.1) is 0 Å². The quantitative estimate of drug-likeness (QED) is 0.356. The van der Waals surface area contributed by atoms with Crippen LogP contribution in [0.4, 0.5) is 0 Å². The normalized spacial score (nSPS) is 55.7. The lowest BCUT2D eigenvalue weighted by Gasteiger charge is -2.73. The summed E-state index contributed by atoms with van der Waals surface area (Å²) in [6.45, 7) is 20.5. The Bertz CT molecular complexity index is 906. The van der Waals surface area contributed by atoms with Crippen molar-refractivity contribution in [2.75, 3.05) is 6.61 Å². The number of fused-ring (bicyclic) bond motifs is 5. The molecule has 6 aliphatic rings. The van der Waals surface area contributed by atoms with E-state index in [4.69, 9.17) is 9.47 Å². The summed E-state index contributed by atoms with van der Waals surface area (Å²) >= 11 is 0. The van der Waals surface area contributed by atoms with Crippen molar-refractivity contribution >= 4 is 5.97 Å². The fourth-order valence-corrected chi connectivity index (χ4v) is 12.4. The highest BCUT2D eigenvalue weighted by atomic mass is 16.5. The van der Waals surface area contributed by atoms with Gasteiger partial charge in [0.1, 0.15) is 6.10 Å². The molecule has 1 heterocycles. The Morgan fingerprint density at radius 2 is 1.49 bits per heavy atom. The van der Waals surface area contributed by atoms with Gasteiger partial charge in [-0.2, -0.15) is 0 Å². The maximum atomic E-state index is 11.9. The molecule has 0 amide bonds. The first kappa shape index (κ1) is 24.7. The highest BCUT2D eigenvalue weighted by molar-refractivity contribution is 5.66. The lowest BCUT2D eigenvalue weighted by atomic mass is 9.31. The van der Waals surface area contributed by atoms with Gasteiger partial charge in [-0.3, -0.25) is 4.79 Å². The zero-order chi connectivity index (χ0) is 25.2. The molecule has 0 N–H and O–H groups in total. The fourth-order valence-electron chi connectivity index (χ4n) is 12.4. The minimum atomic E-state index is -0.108. The summed E-state index contributed by atoms with van der Waals surface area (Å²) in [5, 5.41) is 0. The second-order valence-corrected chi connectivity index (χ2v) is 16.2. The third kappa shape index (κ3) is 2.97. The van der Waals surface area contributed by atoms with E-state index in [-0.39, 0.29) is 17.5 Å². The van der Waals surface area contributed by atoms with E-state index in [2.05, 4.69) is 48.5 Å². The van der Waals surface area contributed by atoms with Gasteiger partial charge in [-0.05, 0) is 115 Å². The van der Waals surface area contributed by atoms with Crippen LogP contribution in [0.5, 0.6) is 0 Å². The van der Waals surface area contributed by atoms with Crippen molar-refractivity contribution in [2.24, 2.45) is 56.2 Å². The smallest absolute Gasteiger partial charge is 0.302 e. The molecule has 1 saturated heterocycles. The fraction of sp³-hybridized carbons (Fsp3) is 0.969. The third-order valence-corrected chi connectivity index (χ3v) is 14.4. The van der Waals surface area contributed by atoms with E-state index < -0.39 is 0 Å². The van der Waals surface area contributed by atoms with Crippen LogP contribution in [0.1, 0.15) is 120 Å². The predicted octanol–water partition coefficient (Wildman–Crippen LogP) is 7.81. The number of hydrogen-bond donors (Lipinski definition) is 0. The summed E-state index contributed by atoms with van der Waals surface area (Å²) in [6, 6.07) is 0. The van der Waals surface area contributed by atoms with Crippen LogP contribution >= 0.6 is 0 Å². The van der Waals surface area contributed by atoms with Gasteiger partial charge in [-0.25, -0.2) is 0 Å². The van der Waals surface area contributed by atoms with E-state index in [9.17, 15) is 4.79 Å². The lowest BCUT2D eigenvalue weighted by molar-refractivity contribution is -0.254. The van der Waals surface area contributed by atoms with Crippen LogP contribution in [0.25, 0.3) is 0 Å². The molecule has 2 bridgehead atoms. The van der Waals surface area contributed by atoms with Gasteiger partial charge in [-0.1, -0.05) is 48.5 Å². The first-order valence-electron chi connectivity index (χ1n) is 15.0. The van der Waals surface area contributed by atoms with E-state index in [1.807, 2.05) is 0 Å². The van der Waals surface area contributed by atoms with Gasteiger partial charge in [0.15, 0.2) is 0 Å². The maximum Gasteiger partial charge on any atom is 0.302 e. The van der Waals surface area contributed by atoms with Gasteiger partial charge < -0.3 is 9.47 Å². The zero-order valence-electron chi connectivity index (χ0n) is 24.0. The zero-order valence-corrected chi connectivity index (χ0v) is 24.0.